The van der Waals surface area contributed by atoms with Crippen LogP contribution in [0, 0.1) is 0 Å². The van der Waals surface area contributed by atoms with Crippen LogP contribution in [0.3, 0.4) is 0 Å². The summed E-state index contributed by atoms with van der Waals surface area (Å²) in [6.07, 6.45) is 19.4. The van der Waals surface area contributed by atoms with Crippen molar-refractivity contribution in [2.75, 3.05) is 26.2 Å². The number of amides is 1. The molecule has 0 bridgehead atoms. The van der Waals surface area contributed by atoms with Gasteiger partial charge in [0.05, 0.1) is 25.9 Å². The molecule has 0 aromatic heterocycles. The summed E-state index contributed by atoms with van der Waals surface area (Å²) in [6.45, 7) is 2.63. The standard InChI is InChI=1S/C26H48N2O6/c1-3-4-5-6-7-8-9-10-11-12-13-14-15-16-17-18-24(30)28(19-20-29)23(2)27(21-25(31)32)22-26(33)34/h10-11,23,29H,3-9,12-22H2,1-2H3,(H,31,32)(H,33,34)/b11-10-. The van der Waals surface area contributed by atoms with Crippen LogP contribution in [0.15, 0.2) is 12.2 Å². The molecule has 3 N–H and O–H groups in total. The fourth-order valence-corrected chi connectivity index (χ4v) is 3.98. The van der Waals surface area contributed by atoms with Crippen molar-refractivity contribution in [3.63, 3.8) is 0 Å². The molecule has 0 aliphatic heterocycles. The lowest BCUT2D eigenvalue weighted by atomic mass is 10.1. The van der Waals surface area contributed by atoms with E-state index >= 15 is 0 Å². The zero-order valence-electron chi connectivity index (χ0n) is 21.4. The Hall–Kier alpha value is -1.93. The SMILES string of the molecule is CCCCCCCC/C=C\CCCCCCCC(=O)N(CCO)C(C)N(CC(=O)O)CC(=O)O. The zero-order chi connectivity index (χ0) is 25.6. The normalized spacial score (nSPS) is 12.4. The lowest BCUT2D eigenvalue weighted by Crippen LogP contribution is -2.53. The molecule has 0 aromatic carbocycles. The molecular formula is C26H48N2O6. The molecule has 0 heterocycles. The molecule has 34 heavy (non-hydrogen) atoms. The molecule has 8 heteroatoms. The van der Waals surface area contributed by atoms with Crippen LogP contribution >= 0.6 is 0 Å². The number of allylic oxidation sites excluding steroid dienone is 2. The first-order valence-corrected chi connectivity index (χ1v) is 13.1. The van der Waals surface area contributed by atoms with Crippen LogP contribution in [0.2, 0.25) is 0 Å². The number of carbonyl (C=O) groups excluding carboxylic acids is 1. The third-order valence-corrected chi connectivity index (χ3v) is 5.97. The number of aliphatic carboxylic acids is 2. The molecule has 8 nitrogen and oxygen atoms in total. The Morgan fingerprint density at radius 3 is 1.71 bits per heavy atom. The molecule has 0 saturated heterocycles. The van der Waals surface area contributed by atoms with Crippen molar-refractivity contribution in [2.24, 2.45) is 0 Å². The highest BCUT2D eigenvalue weighted by Crippen LogP contribution is 2.13. The van der Waals surface area contributed by atoms with E-state index in [0.717, 1.165) is 38.5 Å². The van der Waals surface area contributed by atoms with E-state index in [1.54, 1.807) is 6.92 Å². The number of carboxylic acids is 2. The predicted octanol–water partition coefficient (Wildman–Crippen LogP) is 4.66. The van der Waals surface area contributed by atoms with Crippen LogP contribution in [0.1, 0.15) is 104 Å². The van der Waals surface area contributed by atoms with E-state index in [1.807, 2.05) is 0 Å². The molecule has 1 unspecified atom stereocenters. The van der Waals surface area contributed by atoms with Gasteiger partial charge in [0.25, 0.3) is 0 Å². The van der Waals surface area contributed by atoms with Crippen LogP contribution in [0.5, 0.6) is 0 Å². The number of aliphatic hydroxyl groups is 1. The Morgan fingerprint density at radius 1 is 0.765 bits per heavy atom. The molecule has 0 spiro atoms. The Kier molecular flexibility index (Phi) is 20.4. The second kappa shape index (κ2) is 21.6. The number of nitrogens with zero attached hydrogens (tertiary/aromatic N) is 2. The summed E-state index contributed by atoms with van der Waals surface area (Å²) in [6, 6.07) is 0. The summed E-state index contributed by atoms with van der Waals surface area (Å²) in [7, 11) is 0. The number of aliphatic hydroxyl groups excluding tert-OH is 1. The van der Waals surface area contributed by atoms with E-state index in [4.69, 9.17) is 10.2 Å². The van der Waals surface area contributed by atoms with Crippen molar-refractivity contribution in [2.45, 2.75) is 110 Å². The van der Waals surface area contributed by atoms with E-state index in [-0.39, 0.29) is 19.1 Å². The van der Waals surface area contributed by atoms with Gasteiger partial charge in [-0.2, -0.15) is 0 Å². The van der Waals surface area contributed by atoms with E-state index in [9.17, 15) is 19.5 Å². The minimum Gasteiger partial charge on any atom is -0.480 e. The molecule has 1 amide bonds. The van der Waals surface area contributed by atoms with Gasteiger partial charge in [-0.3, -0.25) is 19.3 Å². The van der Waals surface area contributed by atoms with Crippen molar-refractivity contribution >= 4 is 17.8 Å². The average Bonchev–Trinajstić information content (AvgIpc) is 2.78. The molecule has 0 saturated carbocycles. The number of unbranched alkanes of at least 4 members (excludes halogenated alkanes) is 11. The molecule has 198 valence electrons. The van der Waals surface area contributed by atoms with E-state index in [2.05, 4.69) is 19.1 Å². The monoisotopic (exact) mass is 484 g/mol. The molecule has 0 rings (SSSR count). The summed E-state index contributed by atoms with van der Waals surface area (Å²) in [5.74, 6) is -2.52. The fourth-order valence-electron chi connectivity index (χ4n) is 3.98. The Labute approximate surface area is 206 Å². The quantitative estimate of drug-likeness (QED) is 0.110. The Bertz CT molecular complexity index is 566. The highest BCUT2D eigenvalue weighted by Gasteiger charge is 2.27. The van der Waals surface area contributed by atoms with Crippen LogP contribution < -0.4 is 0 Å². The van der Waals surface area contributed by atoms with Gasteiger partial charge in [-0.05, 0) is 39.0 Å². The molecule has 0 fully saturated rings. The largest absolute Gasteiger partial charge is 0.480 e. The topological polar surface area (TPSA) is 118 Å². The van der Waals surface area contributed by atoms with Crippen molar-refractivity contribution in [3.8, 4) is 0 Å². The maximum atomic E-state index is 12.7. The van der Waals surface area contributed by atoms with Crippen molar-refractivity contribution < 1.29 is 29.7 Å². The van der Waals surface area contributed by atoms with Crippen molar-refractivity contribution in [3.05, 3.63) is 12.2 Å². The van der Waals surface area contributed by atoms with Gasteiger partial charge < -0.3 is 20.2 Å². The van der Waals surface area contributed by atoms with Gasteiger partial charge in [-0.15, -0.1) is 0 Å². The number of carboxylic acid groups (broad SMARTS) is 2. The van der Waals surface area contributed by atoms with Crippen LogP contribution in [0.25, 0.3) is 0 Å². The molecule has 0 aliphatic carbocycles. The van der Waals surface area contributed by atoms with Gasteiger partial charge in [0.15, 0.2) is 0 Å². The molecule has 0 aliphatic rings. The fraction of sp³-hybridized carbons (Fsp3) is 0.808. The summed E-state index contributed by atoms with van der Waals surface area (Å²) < 4.78 is 0. The van der Waals surface area contributed by atoms with Gasteiger partial charge in [0.2, 0.25) is 5.91 Å². The second-order valence-corrected chi connectivity index (χ2v) is 8.97. The van der Waals surface area contributed by atoms with E-state index in [0.29, 0.717) is 6.42 Å². The zero-order valence-corrected chi connectivity index (χ0v) is 21.4. The minimum absolute atomic E-state index is 0.0425. The first kappa shape index (κ1) is 32.1. The van der Waals surface area contributed by atoms with E-state index < -0.39 is 31.2 Å². The van der Waals surface area contributed by atoms with Crippen molar-refractivity contribution in [1.29, 1.82) is 0 Å². The molecule has 1 atom stereocenters. The van der Waals surface area contributed by atoms with Crippen LogP contribution in [-0.4, -0.2) is 75.4 Å². The van der Waals surface area contributed by atoms with Gasteiger partial charge in [-0.25, -0.2) is 0 Å². The maximum Gasteiger partial charge on any atom is 0.317 e. The minimum atomic E-state index is -1.17. The lowest BCUT2D eigenvalue weighted by molar-refractivity contribution is -0.150. The first-order chi connectivity index (χ1) is 16.3. The summed E-state index contributed by atoms with van der Waals surface area (Å²) >= 11 is 0. The third kappa shape index (κ3) is 17.5. The number of rotatable bonds is 23. The first-order valence-electron chi connectivity index (χ1n) is 13.1. The summed E-state index contributed by atoms with van der Waals surface area (Å²) in [5, 5.41) is 27.4. The maximum absolute atomic E-state index is 12.7. The summed E-state index contributed by atoms with van der Waals surface area (Å²) in [5.41, 5.74) is 0. The van der Waals surface area contributed by atoms with Gasteiger partial charge in [0, 0.05) is 13.0 Å². The lowest BCUT2D eigenvalue weighted by Gasteiger charge is -2.36. The summed E-state index contributed by atoms with van der Waals surface area (Å²) in [4.78, 5) is 37.4. The van der Waals surface area contributed by atoms with Gasteiger partial charge in [-0.1, -0.05) is 70.4 Å². The second-order valence-electron chi connectivity index (χ2n) is 8.97. The van der Waals surface area contributed by atoms with Crippen molar-refractivity contribution in [1.82, 2.24) is 9.80 Å². The predicted molar refractivity (Wildman–Crippen MR) is 135 cm³/mol. The number of carbonyl (C=O) groups is 3. The smallest absolute Gasteiger partial charge is 0.317 e. The average molecular weight is 485 g/mol. The third-order valence-electron chi connectivity index (χ3n) is 5.97. The highest BCUT2D eigenvalue weighted by atomic mass is 16.4. The Morgan fingerprint density at radius 2 is 1.24 bits per heavy atom. The molecule has 0 aromatic rings. The molecular weight excluding hydrogens is 436 g/mol. The Balaban J connectivity index is 4.11. The molecule has 0 radical (unpaired) electrons. The van der Waals surface area contributed by atoms with Gasteiger partial charge in [0.1, 0.15) is 0 Å². The number of hydrogen-bond acceptors (Lipinski definition) is 5. The van der Waals surface area contributed by atoms with Crippen LogP contribution in [0.4, 0.5) is 0 Å². The van der Waals surface area contributed by atoms with Crippen LogP contribution in [-0.2, 0) is 14.4 Å². The van der Waals surface area contributed by atoms with Gasteiger partial charge >= 0.3 is 11.9 Å². The highest BCUT2D eigenvalue weighted by molar-refractivity contribution is 5.77. The van der Waals surface area contributed by atoms with E-state index in [1.165, 1.54) is 54.7 Å². The number of hydrogen-bond donors (Lipinski definition) is 3.